The minimum absolute atomic E-state index is 0.172. The van der Waals surface area contributed by atoms with E-state index in [4.69, 9.17) is 0 Å². The van der Waals surface area contributed by atoms with Crippen LogP contribution in [0.3, 0.4) is 0 Å². The van der Waals surface area contributed by atoms with E-state index >= 15 is 0 Å². The van der Waals surface area contributed by atoms with Crippen LogP contribution in [0.15, 0.2) is 36.5 Å². The third-order valence-electron chi connectivity index (χ3n) is 1.60. The molecule has 2 heteroatoms. The highest BCUT2D eigenvalue weighted by molar-refractivity contribution is 5.82. The average Bonchev–Trinajstić information content (AvgIpc) is 2.04. The van der Waals surface area contributed by atoms with Crippen molar-refractivity contribution in [1.82, 2.24) is 4.98 Å². The van der Waals surface area contributed by atoms with Crippen molar-refractivity contribution in [3.63, 3.8) is 0 Å². The van der Waals surface area contributed by atoms with Gasteiger partial charge in [0.1, 0.15) is 5.78 Å². The van der Waals surface area contributed by atoms with Gasteiger partial charge in [0, 0.05) is 24.7 Å². The van der Waals surface area contributed by atoms with Gasteiger partial charge >= 0.3 is 0 Å². The number of rotatable bonds is 4. The summed E-state index contributed by atoms with van der Waals surface area (Å²) < 4.78 is 0. The van der Waals surface area contributed by atoms with E-state index in [1.165, 1.54) is 0 Å². The van der Waals surface area contributed by atoms with Crippen LogP contribution in [-0.2, 0) is 11.2 Å². The summed E-state index contributed by atoms with van der Waals surface area (Å²) in [6.45, 7) is 5.55. The quantitative estimate of drug-likeness (QED) is 0.656. The molecule has 1 rings (SSSR count). The van der Waals surface area contributed by atoms with Gasteiger partial charge in [-0.3, -0.25) is 9.78 Å². The maximum Gasteiger partial charge on any atom is 0.142 e. The molecule has 1 aromatic rings. The summed E-state index contributed by atoms with van der Waals surface area (Å²) in [4.78, 5) is 15.4. The van der Waals surface area contributed by atoms with Crippen LogP contribution >= 0.6 is 0 Å². The molecule has 0 aliphatic rings. The van der Waals surface area contributed by atoms with Gasteiger partial charge in [-0.25, -0.2) is 0 Å². The zero-order valence-electron chi connectivity index (χ0n) is 7.79. The Hall–Kier alpha value is -1.44. The number of pyridine rings is 1. The zero-order chi connectivity index (χ0) is 9.68. The second-order valence-corrected chi connectivity index (χ2v) is 3.17. The summed E-state index contributed by atoms with van der Waals surface area (Å²) in [6.07, 6.45) is 2.56. The normalized spacial score (nSPS) is 9.62. The first-order valence-electron chi connectivity index (χ1n) is 4.24. The van der Waals surface area contributed by atoms with Gasteiger partial charge in [-0.1, -0.05) is 18.2 Å². The fourth-order valence-corrected chi connectivity index (χ4v) is 1.10. The van der Waals surface area contributed by atoms with Crippen LogP contribution in [0.4, 0.5) is 0 Å². The van der Waals surface area contributed by atoms with E-state index in [0.717, 1.165) is 11.3 Å². The molecule has 0 unspecified atom stereocenters. The van der Waals surface area contributed by atoms with Crippen molar-refractivity contribution in [2.75, 3.05) is 0 Å². The Morgan fingerprint density at radius 1 is 1.54 bits per heavy atom. The summed E-state index contributed by atoms with van der Waals surface area (Å²) in [7, 11) is 0. The smallest absolute Gasteiger partial charge is 0.142 e. The molecule has 0 radical (unpaired) electrons. The molecule has 0 aliphatic heterocycles. The van der Waals surface area contributed by atoms with Crippen molar-refractivity contribution in [2.24, 2.45) is 0 Å². The van der Waals surface area contributed by atoms with Crippen LogP contribution < -0.4 is 0 Å². The molecular formula is C11H13NO. The van der Waals surface area contributed by atoms with Gasteiger partial charge in [0.25, 0.3) is 0 Å². The second kappa shape index (κ2) is 4.55. The number of carbonyl (C=O) groups is 1. The number of hydrogen-bond donors (Lipinski definition) is 0. The summed E-state index contributed by atoms with van der Waals surface area (Å²) >= 11 is 0. The molecule has 0 saturated heterocycles. The van der Waals surface area contributed by atoms with Crippen LogP contribution in [0.25, 0.3) is 0 Å². The predicted octanol–water partition coefficient (Wildman–Crippen LogP) is 2.16. The van der Waals surface area contributed by atoms with E-state index < -0.39 is 0 Å². The third kappa shape index (κ3) is 3.65. The lowest BCUT2D eigenvalue weighted by molar-refractivity contribution is -0.117. The highest BCUT2D eigenvalue weighted by Gasteiger charge is 2.03. The number of nitrogens with zero attached hydrogens (tertiary/aromatic N) is 1. The Labute approximate surface area is 78.3 Å². The number of Topliss-reactive ketones (excluding diaryl/α,β-unsaturated/α-hetero) is 1. The average molecular weight is 175 g/mol. The van der Waals surface area contributed by atoms with Crippen molar-refractivity contribution < 1.29 is 4.79 Å². The number of carbonyl (C=O) groups excluding carboxylic acids is 1. The summed E-state index contributed by atoms with van der Waals surface area (Å²) in [5.74, 6) is 0.172. The Kier molecular flexibility index (Phi) is 3.38. The standard InChI is InChI=1S/C11H13NO/c1-9(2)7-11(13)8-10-5-3-4-6-12-10/h3-6H,1,7-8H2,2H3. The van der Waals surface area contributed by atoms with Crippen molar-refractivity contribution >= 4 is 5.78 Å². The highest BCUT2D eigenvalue weighted by Crippen LogP contribution is 2.02. The first-order valence-corrected chi connectivity index (χ1v) is 4.24. The van der Waals surface area contributed by atoms with Crippen LogP contribution in [0.5, 0.6) is 0 Å². The number of allylic oxidation sites excluding steroid dienone is 1. The molecule has 0 fully saturated rings. The molecule has 1 heterocycles. The summed E-state index contributed by atoms with van der Waals surface area (Å²) in [5, 5.41) is 0. The first-order chi connectivity index (χ1) is 6.18. The van der Waals surface area contributed by atoms with Gasteiger partial charge in [-0.2, -0.15) is 0 Å². The molecule has 1 aromatic heterocycles. The third-order valence-corrected chi connectivity index (χ3v) is 1.60. The van der Waals surface area contributed by atoms with E-state index in [1.807, 2.05) is 25.1 Å². The molecule has 0 N–H and O–H groups in total. The van der Waals surface area contributed by atoms with E-state index in [-0.39, 0.29) is 5.78 Å². The van der Waals surface area contributed by atoms with Gasteiger partial charge in [0.05, 0.1) is 0 Å². The first kappa shape index (κ1) is 9.65. The van der Waals surface area contributed by atoms with Crippen LogP contribution in [-0.4, -0.2) is 10.8 Å². The summed E-state index contributed by atoms with van der Waals surface area (Å²) in [6, 6.07) is 5.58. The number of hydrogen-bond acceptors (Lipinski definition) is 2. The topological polar surface area (TPSA) is 30.0 Å². The molecule has 0 aliphatic carbocycles. The largest absolute Gasteiger partial charge is 0.299 e. The van der Waals surface area contributed by atoms with E-state index in [0.29, 0.717) is 12.8 Å². The van der Waals surface area contributed by atoms with Crippen molar-refractivity contribution in [1.29, 1.82) is 0 Å². The second-order valence-electron chi connectivity index (χ2n) is 3.17. The van der Waals surface area contributed by atoms with Gasteiger partial charge in [-0.15, -0.1) is 0 Å². The molecule has 0 spiro atoms. The van der Waals surface area contributed by atoms with Gasteiger partial charge < -0.3 is 0 Å². The van der Waals surface area contributed by atoms with Crippen LogP contribution in [0.1, 0.15) is 19.0 Å². The molecule has 13 heavy (non-hydrogen) atoms. The molecule has 0 atom stereocenters. The fraction of sp³-hybridized carbons (Fsp3) is 0.273. The SMILES string of the molecule is C=C(C)CC(=O)Cc1ccccn1. The van der Waals surface area contributed by atoms with E-state index in [2.05, 4.69) is 11.6 Å². The van der Waals surface area contributed by atoms with E-state index in [9.17, 15) is 4.79 Å². The molecule has 68 valence electrons. The van der Waals surface area contributed by atoms with Crippen molar-refractivity contribution in [3.05, 3.63) is 42.2 Å². The lowest BCUT2D eigenvalue weighted by atomic mass is 10.1. The number of ketones is 1. The molecule has 0 bridgehead atoms. The number of aromatic nitrogens is 1. The Morgan fingerprint density at radius 3 is 2.85 bits per heavy atom. The Morgan fingerprint density at radius 2 is 2.31 bits per heavy atom. The molecule has 0 saturated carbocycles. The highest BCUT2D eigenvalue weighted by atomic mass is 16.1. The summed E-state index contributed by atoms with van der Waals surface area (Å²) in [5.41, 5.74) is 1.73. The molecule has 0 aromatic carbocycles. The predicted molar refractivity (Wildman–Crippen MR) is 52.4 cm³/mol. The van der Waals surface area contributed by atoms with Crippen molar-refractivity contribution in [2.45, 2.75) is 19.8 Å². The Balaban J connectivity index is 2.50. The molecule has 2 nitrogen and oxygen atoms in total. The minimum Gasteiger partial charge on any atom is -0.299 e. The lowest BCUT2D eigenvalue weighted by Gasteiger charge is -1.99. The Bertz CT molecular complexity index is 303. The minimum atomic E-state index is 0.172. The monoisotopic (exact) mass is 175 g/mol. The molecule has 0 amide bonds. The lowest BCUT2D eigenvalue weighted by Crippen LogP contribution is -2.03. The maximum absolute atomic E-state index is 11.3. The van der Waals surface area contributed by atoms with Crippen LogP contribution in [0, 0.1) is 0 Å². The van der Waals surface area contributed by atoms with Gasteiger partial charge in [0.2, 0.25) is 0 Å². The molecular weight excluding hydrogens is 162 g/mol. The fourth-order valence-electron chi connectivity index (χ4n) is 1.10. The zero-order valence-corrected chi connectivity index (χ0v) is 7.79. The maximum atomic E-state index is 11.3. The van der Waals surface area contributed by atoms with Gasteiger partial charge in [-0.05, 0) is 19.1 Å². The van der Waals surface area contributed by atoms with Crippen molar-refractivity contribution in [3.8, 4) is 0 Å². The van der Waals surface area contributed by atoms with E-state index in [1.54, 1.807) is 6.20 Å². The van der Waals surface area contributed by atoms with Gasteiger partial charge in [0.15, 0.2) is 0 Å². The van der Waals surface area contributed by atoms with Crippen LogP contribution in [0.2, 0.25) is 0 Å².